The Morgan fingerprint density at radius 3 is 2.78 bits per heavy atom. The van der Waals surface area contributed by atoms with E-state index in [-0.39, 0.29) is 11.8 Å². The normalized spacial score (nSPS) is 11.4. The molecule has 0 aromatic carbocycles. The Bertz CT molecular complexity index is 440. The van der Waals surface area contributed by atoms with Gasteiger partial charge in [0.25, 0.3) is 0 Å². The van der Waals surface area contributed by atoms with Gasteiger partial charge in [-0.1, -0.05) is 11.6 Å². The highest BCUT2D eigenvalue weighted by Gasteiger charge is 2.28. The van der Waals surface area contributed by atoms with E-state index < -0.39 is 25.0 Å². The van der Waals surface area contributed by atoms with Crippen LogP contribution in [0.1, 0.15) is 18.4 Å². The van der Waals surface area contributed by atoms with Crippen LogP contribution in [-0.2, 0) is 16.1 Å². The number of ether oxygens (including phenoxy) is 1. The van der Waals surface area contributed by atoms with Crippen LogP contribution in [0.5, 0.6) is 0 Å². The Balaban J connectivity index is 2.45. The van der Waals surface area contributed by atoms with Crippen molar-refractivity contribution in [2.24, 2.45) is 0 Å². The van der Waals surface area contributed by atoms with Gasteiger partial charge in [-0.2, -0.15) is 13.2 Å². The van der Waals surface area contributed by atoms with E-state index in [9.17, 15) is 18.0 Å². The predicted octanol–water partition coefficient (Wildman–Crippen LogP) is 3.88. The summed E-state index contributed by atoms with van der Waals surface area (Å²) in [4.78, 5) is 14.9. The van der Waals surface area contributed by atoms with Gasteiger partial charge in [-0.05, 0) is 22.0 Å². The molecule has 0 aliphatic rings. The number of halogens is 5. The summed E-state index contributed by atoms with van der Waals surface area (Å²) in [5, 5.41) is 0.141. The van der Waals surface area contributed by atoms with Crippen molar-refractivity contribution in [2.45, 2.75) is 25.6 Å². The molecule has 100 valence electrons. The monoisotopic (exact) mass is 345 g/mol. The maximum Gasteiger partial charge on any atom is 0.389 e. The average Bonchev–Trinajstić information content (AvgIpc) is 2.26. The number of carbonyl (C=O) groups excluding carboxylic acids is 1. The number of nitrogens with zero attached hydrogens (tertiary/aromatic N) is 1. The lowest BCUT2D eigenvalue weighted by Gasteiger charge is -2.08. The first-order valence-electron chi connectivity index (χ1n) is 4.80. The van der Waals surface area contributed by atoms with Crippen molar-refractivity contribution in [1.82, 2.24) is 4.98 Å². The Morgan fingerprint density at radius 2 is 2.17 bits per heavy atom. The molecule has 1 aromatic heterocycles. The maximum atomic E-state index is 11.9. The van der Waals surface area contributed by atoms with Crippen molar-refractivity contribution < 1.29 is 22.7 Å². The maximum absolute atomic E-state index is 11.9. The number of hydrogen-bond acceptors (Lipinski definition) is 3. The lowest BCUT2D eigenvalue weighted by molar-refractivity contribution is -0.158. The van der Waals surface area contributed by atoms with Crippen LogP contribution >= 0.6 is 27.5 Å². The molecule has 0 spiro atoms. The van der Waals surface area contributed by atoms with Gasteiger partial charge in [0.2, 0.25) is 0 Å². The quantitative estimate of drug-likeness (QED) is 0.613. The number of pyridine rings is 1. The molecule has 0 unspecified atom stereocenters. The number of alkyl halides is 3. The Kier molecular flexibility index (Phi) is 5.40. The molecular weight excluding hydrogens is 338 g/mol. The zero-order chi connectivity index (χ0) is 13.8. The van der Waals surface area contributed by atoms with Crippen molar-refractivity contribution in [3.05, 3.63) is 27.5 Å². The van der Waals surface area contributed by atoms with E-state index in [0.29, 0.717) is 10.0 Å². The first-order chi connectivity index (χ1) is 8.28. The zero-order valence-electron chi connectivity index (χ0n) is 8.93. The third kappa shape index (κ3) is 5.68. The van der Waals surface area contributed by atoms with Crippen molar-refractivity contribution >= 4 is 33.5 Å². The summed E-state index contributed by atoms with van der Waals surface area (Å²) >= 11 is 8.88. The van der Waals surface area contributed by atoms with Crippen LogP contribution in [0.3, 0.4) is 0 Å². The fourth-order valence-corrected chi connectivity index (χ4v) is 1.58. The molecule has 0 saturated heterocycles. The summed E-state index contributed by atoms with van der Waals surface area (Å²) in [5.74, 6) is -0.927. The SMILES string of the molecule is O=C(CCC(F)(F)F)OCc1cc(Br)cnc1Cl. The molecule has 0 fully saturated rings. The van der Waals surface area contributed by atoms with Crippen LogP contribution in [-0.4, -0.2) is 17.1 Å². The molecule has 1 rings (SSSR count). The van der Waals surface area contributed by atoms with Crippen LogP contribution in [0.15, 0.2) is 16.7 Å². The van der Waals surface area contributed by atoms with E-state index in [0.717, 1.165) is 0 Å². The second-order valence-corrected chi connectivity index (χ2v) is 4.65. The van der Waals surface area contributed by atoms with Crippen LogP contribution in [0.2, 0.25) is 5.15 Å². The average molecular weight is 347 g/mol. The highest BCUT2D eigenvalue weighted by Crippen LogP contribution is 2.22. The summed E-state index contributed by atoms with van der Waals surface area (Å²) < 4.78 is 40.9. The smallest absolute Gasteiger partial charge is 0.389 e. The van der Waals surface area contributed by atoms with Crippen molar-refractivity contribution in [3.8, 4) is 0 Å². The summed E-state index contributed by atoms with van der Waals surface area (Å²) in [7, 11) is 0. The number of aromatic nitrogens is 1. The molecule has 0 radical (unpaired) electrons. The van der Waals surface area contributed by atoms with Gasteiger partial charge in [0.1, 0.15) is 11.8 Å². The van der Waals surface area contributed by atoms with E-state index in [1.54, 1.807) is 6.07 Å². The Hall–Kier alpha value is -0.820. The minimum atomic E-state index is -4.37. The third-order valence-electron chi connectivity index (χ3n) is 1.88. The van der Waals surface area contributed by atoms with Gasteiger partial charge in [0.15, 0.2) is 0 Å². The van der Waals surface area contributed by atoms with Crippen molar-refractivity contribution in [3.63, 3.8) is 0 Å². The molecule has 0 aliphatic heterocycles. The summed E-state index contributed by atoms with van der Waals surface area (Å²) in [6.07, 6.45) is -4.82. The molecule has 0 bridgehead atoms. The minimum Gasteiger partial charge on any atom is -0.461 e. The molecule has 0 aliphatic carbocycles. The molecule has 3 nitrogen and oxygen atoms in total. The number of esters is 1. The first-order valence-corrected chi connectivity index (χ1v) is 5.97. The van der Waals surface area contributed by atoms with Crippen LogP contribution in [0.25, 0.3) is 0 Å². The first kappa shape index (κ1) is 15.2. The van der Waals surface area contributed by atoms with Crippen LogP contribution in [0.4, 0.5) is 13.2 Å². The number of rotatable bonds is 4. The summed E-state index contributed by atoms with van der Waals surface area (Å²) in [6.45, 7) is -0.206. The van der Waals surface area contributed by atoms with Gasteiger partial charge in [-0.25, -0.2) is 4.98 Å². The molecule has 8 heteroatoms. The molecule has 0 amide bonds. The fourth-order valence-electron chi connectivity index (χ4n) is 1.04. The van der Waals surface area contributed by atoms with Gasteiger partial charge in [-0.15, -0.1) is 0 Å². The predicted molar refractivity (Wildman–Crippen MR) is 62.0 cm³/mol. The van der Waals surface area contributed by atoms with E-state index in [1.165, 1.54) is 6.20 Å². The molecule has 1 aromatic rings. The molecular formula is C10H8BrClF3NO2. The summed E-state index contributed by atoms with van der Waals surface area (Å²) in [6, 6.07) is 1.58. The fraction of sp³-hybridized carbons (Fsp3) is 0.400. The second-order valence-electron chi connectivity index (χ2n) is 3.38. The van der Waals surface area contributed by atoms with E-state index in [1.807, 2.05) is 0 Å². The van der Waals surface area contributed by atoms with Crippen LogP contribution in [0, 0.1) is 0 Å². The minimum absolute atomic E-state index is 0.141. The van der Waals surface area contributed by atoms with Gasteiger partial charge >= 0.3 is 12.1 Å². The van der Waals surface area contributed by atoms with Gasteiger partial charge < -0.3 is 4.74 Å². The summed E-state index contributed by atoms with van der Waals surface area (Å²) in [5.41, 5.74) is 0.423. The zero-order valence-corrected chi connectivity index (χ0v) is 11.3. The van der Waals surface area contributed by atoms with E-state index >= 15 is 0 Å². The number of carbonyl (C=O) groups is 1. The number of hydrogen-bond donors (Lipinski definition) is 0. The van der Waals surface area contributed by atoms with E-state index in [4.69, 9.17) is 11.6 Å². The lowest BCUT2D eigenvalue weighted by atomic mass is 10.3. The molecule has 0 atom stereocenters. The molecule has 18 heavy (non-hydrogen) atoms. The van der Waals surface area contributed by atoms with Crippen molar-refractivity contribution in [1.29, 1.82) is 0 Å². The molecule has 1 heterocycles. The van der Waals surface area contributed by atoms with E-state index in [2.05, 4.69) is 25.7 Å². The molecule has 0 N–H and O–H groups in total. The highest BCUT2D eigenvalue weighted by molar-refractivity contribution is 9.10. The third-order valence-corrected chi connectivity index (χ3v) is 2.65. The Labute approximate surface area is 114 Å². The lowest BCUT2D eigenvalue weighted by Crippen LogP contribution is -2.12. The second kappa shape index (κ2) is 6.38. The van der Waals surface area contributed by atoms with Gasteiger partial charge in [-0.3, -0.25) is 4.79 Å². The standard InChI is InChI=1S/C10H8BrClF3NO2/c11-7-3-6(9(12)16-4-7)5-18-8(17)1-2-10(13,14)15/h3-4H,1-2,5H2. The van der Waals surface area contributed by atoms with Crippen molar-refractivity contribution in [2.75, 3.05) is 0 Å². The van der Waals surface area contributed by atoms with Gasteiger partial charge in [0.05, 0.1) is 12.8 Å². The largest absolute Gasteiger partial charge is 0.461 e. The molecule has 0 saturated carbocycles. The highest BCUT2D eigenvalue weighted by atomic mass is 79.9. The Morgan fingerprint density at radius 1 is 1.50 bits per heavy atom. The van der Waals surface area contributed by atoms with Gasteiger partial charge in [0, 0.05) is 16.2 Å². The topological polar surface area (TPSA) is 39.2 Å². The van der Waals surface area contributed by atoms with Crippen LogP contribution < -0.4 is 0 Å².